The number of benzene rings is 1. The predicted molar refractivity (Wildman–Crippen MR) is 104 cm³/mol. The van der Waals surface area contributed by atoms with Gasteiger partial charge in [-0.05, 0) is 43.4 Å². The van der Waals surface area contributed by atoms with Crippen molar-refractivity contribution in [2.24, 2.45) is 0 Å². The molecule has 0 spiro atoms. The maximum atomic E-state index is 13.2. The van der Waals surface area contributed by atoms with E-state index in [2.05, 4.69) is 16.5 Å². The highest BCUT2D eigenvalue weighted by atomic mass is 32.1. The number of quaternary nitrogens is 1. The highest BCUT2D eigenvalue weighted by molar-refractivity contribution is 7.71. The summed E-state index contributed by atoms with van der Waals surface area (Å²) < 4.78 is 17.9. The van der Waals surface area contributed by atoms with Gasteiger partial charge < -0.3 is 9.47 Å². The summed E-state index contributed by atoms with van der Waals surface area (Å²) in [5, 5.41) is 4.82. The van der Waals surface area contributed by atoms with Gasteiger partial charge in [-0.25, -0.2) is 4.39 Å². The summed E-state index contributed by atoms with van der Waals surface area (Å²) in [7, 11) is 0. The monoisotopic (exact) mass is 384 g/mol. The topological polar surface area (TPSA) is 40.1 Å². The quantitative estimate of drug-likeness (QED) is 0.637. The molecule has 0 radical (unpaired) electrons. The Morgan fingerprint density at radius 1 is 1.15 bits per heavy atom. The first-order chi connectivity index (χ1) is 13.2. The summed E-state index contributed by atoms with van der Waals surface area (Å²) in [6.45, 7) is 4.41. The molecule has 1 N–H and O–H groups in total. The molecule has 2 aromatic heterocycles. The third-order valence-corrected chi connectivity index (χ3v) is 5.46. The van der Waals surface area contributed by atoms with Crippen LogP contribution in [0.3, 0.4) is 0 Å². The molecule has 3 aromatic rings. The Morgan fingerprint density at radius 2 is 1.85 bits per heavy atom. The molecule has 1 aliphatic rings. The van der Waals surface area contributed by atoms with Crippen LogP contribution >= 0.6 is 12.2 Å². The van der Waals surface area contributed by atoms with E-state index in [9.17, 15) is 4.39 Å². The van der Waals surface area contributed by atoms with Crippen LogP contribution in [0.15, 0.2) is 48.8 Å². The number of hydrogen-bond donors (Lipinski definition) is 1. The van der Waals surface area contributed by atoms with E-state index < -0.39 is 0 Å². The van der Waals surface area contributed by atoms with Crippen molar-refractivity contribution in [2.45, 2.75) is 45.6 Å². The van der Waals surface area contributed by atoms with Crippen LogP contribution in [0.1, 0.15) is 25.3 Å². The van der Waals surface area contributed by atoms with E-state index in [0.29, 0.717) is 12.7 Å². The average Bonchev–Trinajstić information content (AvgIpc) is 3.49. The summed E-state index contributed by atoms with van der Waals surface area (Å²) in [6.07, 6.45) is 5.98. The van der Waals surface area contributed by atoms with Crippen molar-refractivity contribution in [1.29, 1.82) is 0 Å². The van der Waals surface area contributed by atoms with E-state index in [1.54, 1.807) is 12.4 Å². The first-order valence-corrected chi connectivity index (χ1v) is 9.73. The van der Waals surface area contributed by atoms with Gasteiger partial charge in [0.05, 0.1) is 6.04 Å². The summed E-state index contributed by atoms with van der Waals surface area (Å²) in [6, 6.07) is 11.3. The molecular weight excluding hydrogens is 361 g/mol. The number of aromatic nitrogens is 4. The zero-order chi connectivity index (χ0) is 18.8. The van der Waals surface area contributed by atoms with Gasteiger partial charge in [0.1, 0.15) is 12.4 Å². The average molecular weight is 385 g/mol. The summed E-state index contributed by atoms with van der Waals surface area (Å²) in [5.74, 6) is 0.680. The largest absolute Gasteiger partial charge is 0.310 e. The summed E-state index contributed by atoms with van der Waals surface area (Å²) in [4.78, 5) is 5.50. The minimum absolute atomic E-state index is 0.197. The molecule has 1 aliphatic carbocycles. The van der Waals surface area contributed by atoms with Crippen LogP contribution < -0.4 is 4.90 Å². The second-order valence-corrected chi connectivity index (χ2v) is 7.34. The molecule has 1 fully saturated rings. The predicted octanol–water partition coefficient (Wildman–Crippen LogP) is 2.84. The van der Waals surface area contributed by atoms with E-state index in [1.807, 2.05) is 28.9 Å². The van der Waals surface area contributed by atoms with Crippen LogP contribution in [-0.2, 0) is 19.8 Å². The van der Waals surface area contributed by atoms with Crippen molar-refractivity contribution in [3.05, 3.63) is 64.9 Å². The van der Waals surface area contributed by atoms with Gasteiger partial charge in [0.2, 0.25) is 4.77 Å². The van der Waals surface area contributed by atoms with Crippen molar-refractivity contribution in [1.82, 2.24) is 19.3 Å². The number of pyridine rings is 1. The van der Waals surface area contributed by atoms with Crippen LogP contribution in [0.25, 0.3) is 11.4 Å². The minimum atomic E-state index is -0.197. The lowest BCUT2D eigenvalue weighted by Crippen LogP contribution is -3.11. The van der Waals surface area contributed by atoms with Gasteiger partial charge in [-0.3, -0.25) is 4.98 Å². The fourth-order valence-corrected chi connectivity index (χ4v) is 3.74. The molecule has 1 aromatic carbocycles. The van der Waals surface area contributed by atoms with E-state index in [-0.39, 0.29) is 5.82 Å². The van der Waals surface area contributed by atoms with Crippen molar-refractivity contribution in [2.75, 3.05) is 0 Å². The van der Waals surface area contributed by atoms with Gasteiger partial charge in [-0.2, -0.15) is 4.68 Å². The van der Waals surface area contributed by atoms with Crippen molar-refractivity contribution in [3.63, 3.8) is 0 Å². The number of nitrogens with zero attached hydrogens (tertiary/aromatic N) is 4. The molecule has 0 amide bonds. The van der Waals surface area contributed by atoms with Crippen LogP contribution in [-0.4, -0.2) is 25.4 Å². The molecule has 4 rings (SSSR count). The molecule has 1 saturated carbocycles. The van der Waals surface area contributed by atoms with Crippen molar-refractivity contribution < 1.29 is 9.29 Å². The summed E-state index contributed by atoms with van der Waals surface area (Å²) in [5.41, 5.74) is 2.15. The second kappa shape index (κ2) is 7.70. The van der Waals surface area contributed by atoms with Gasteiger partial charge in [-0.1, -0.05) is 12.1 Å². The lowest BCUT2D eigenvalue weighted by atomic mass is 10.2. The van der Waals surface area contributed by atoms with Crippen LogP contribution in [0.4, 0.5) is 4.39 Å². The Balaban J connectivity index is 1.61. The van der Waals surface area contributed by atoms with Crippen molar-refractivity contribution in [3.8, 4) is 11.4 Å². The van der Waals surface area contributed by atoms with Crippen molar-refractivity contribution >= 4 is 12.2 Å². The molecule has 140 valence electrons. The third kappa shape index (κ3) is 3.99. The first kappa shape index (κ1) is 18.0. The first-order valence-electron chi connectivity index (χ1n) is 9.32. The third-order valence-electron chi connectivity index (χ3n) is 5.03. The molecule has 0 aliphatic heterocycles. The highest BCUT2D eigenvalue weighted by Crippen LogP contribution is 2.18. The maximum absolute atomic E-state index is 13.2. The lowest BCUT2D eigenvalue weighted by Gasteiger charge is -2.19. The zero-order valence-electron chi connectivity index (χ0n) is 15.3. The van der Waals surface area contributed by atoms with Crippen LogP contribution in [0.5, 0.6) is 0 Å². The number of nitrogens with one attached hydrogen (secondary N) is 1. The van der Waals surface area contributed by atoms with Gasteiger partial charge >= 0.3 is 0 Å². The fourth-order valence-electron chi connectivity index (χ4n) is 3.42. The van der Waals surface area contributed by atoms with Crippen LogP contribution in [0.2, 0.25) is 0 Å². The molecule has 1 unspecified atom stereocenters. The Kier molecular flexibility index (Phi) is 5.13. The van der Waals surface area contributed by atoms with Gasteiger partial charge in [0.15, 0.2) is 12.5 Å². The Bertz CT molecular complexity index is 960. The van der Waals surface area contributed by atoms with E-state index >= 15 is 0 Å². The number of halogens is 1. The van der Waals surface area contributed by atoms with Gasteiger partial charge in [0, 0.05) is 42.9 Å². The van der Waals surface area contributed by atoms with Crippen LogP contribution in [0, 0.1) is 10.6 Å². The Morgan fingerprint density at radius 3 is 2.48 bits per heavy atom. The standard InChI is InChI=1S/C20H22FN5S/c1-2-25-19(16-9-11-22-12-10-16)23-26(20(25)27)14-24(18-7-8-18)13-15-3-5-17(21)6-4-15/h3-6,9-12,18H,2,7-8,13-14H2,1H3/p+1. The number of rotatable bonds is 7. The minimum Gasteiger partial charge on any atom is -0.310 e. The smallest absolute Gasteiger partial charge is 0.203 e. The molecule has 0 saturated heterocycles. The zero-order valence-corrected chi connectivity index (χ0v) is 16.1. The second-order valence-electron chi connectivity index (χ2n) is 6.98. The molecule has 1 atom stereocenters. The van der Waals surface area contributed by atoms with Gasteiger partial charge in [0.25, 0.3) is 0 Å². The molecule has 5 nitrogen and oxygen atoms in total. The van der Waals surface area contributed by atoms with E-state index in [4.69, 9.17) is 17.3 Å². The van der Waals surface area contributed by atoms with E-state index in [1.165, 1.54) is 29.9 Å². The lowest BCUT2D eigenvalue weighted by molar-refractivity contribution is -0.947. The molecule has 27 heavy (non-hydrogen) atoms. The highest BCUT2D eigenvalue weighted by Gasteiger charge is 2.34. The molecular formula is C20H23FN5S+. The SMILES string of the molecule is CCn1c(-c2ccncc2)nn(C[NH+](Cc2ccc(F)cc2)C2CC2)c1=S. The summed E-state index contributed by atoms with van der Waals surface area (Å²) >= 11 is 5.70. The number of hydrogen-bond acceptors (Lipinski definition) is 3. The Labute approximate surface area is 163 Å². The molecule has 0 bridgehead atoms. The normalized spacial score (nSPS) is 15.0. The fraction of sp³-hybridized carbons (Fsp3) is 0.350. The van der Waals surface area contributed by atoms with E-state index in [0.717, 1.165) is 34.8 Å². The molecule has 2 heterocycles. The van der Waals surface area contributed by atoms with Gasteiger partial charge in [-0.15, -0.1) is 5.10 Å². The maximum Gasteiger partial charge on any atom is 0.203 e. The Hall–Kier alpha value is -2.38. The molecule has 7 heteroatoms.